The smallest absolute Gasteiger partial charge is 0.189 e. The third kappa shape index (κ3) is 3.31. The molecule has 4 N–H and O–H groups in total. The number of hydrazone groups is 1. The van der Waals surface area contributed by atoms with Crippen molar-refractivity contribution >= 4 is 28.3 Å². The van der Waals surface area contributed by atoms with Gasteiger partial charge in [0.25, 0.3) is 0 Å². The zero-order valence-corrected chi connectivity index (χ0v) is 16.1. The normalized spacial score (nSPS) is 13.6. The van der Waals surface area contributed by atoms with Crippen LogP contribution >= 0.6 is 11.6 Å². The van der Waals surface area contributed by atoms with E-state index in [0.717, 1.165) is 22.3 Å². The van der Waals surface area contributed by atoms with Gasteiger partial charge in [0.05, 0.1) is 12.1 Å². The predicted molar refractivity (Wildman–Crippen MR) is 107 cm³/mol. The summed E-state index contributed by atoms with van der Waals surface area (Å²) >= 11 is 6.39. The summed E-state index contributed by atoms with van der Waals surface area (Å²) < 4.78 is 5.36. The average molecular weight is 385 g/mol. The van der Waals surface area contributed by atoms with Crippen molar-refractivity contribution in [1.29, 1.82) is 0 Å². The van der Waals surface area contributed by atoms with Gasteiger partial charge in [-0.2, -0.15) is 0 Å². The van der Waals surface area contributed by atoms with Crippen molar-refractivity contribution in [1.82, 2.24) is 26.5 Å². The molecule has 0 saturated heterocycles. The molecule has 0 amide bonds. The largest absolute Gasteiger partial charge is 0.495 e. The van der Waals surface area contributed by atoms with Crippen molar-refractivity contribution in [3.05, 3.63) is 58.0 Å². The number of amidine groups is 1. The first-order chi connectivity index (χ1) is 13.1. The Morgan fingerprint density at radius 2 is 2.07 bits per heavy atom. The molecule has 7 nitrogen and oxygen atoms in total. The molecule has 0 spiro atoms. The van der Waals surface area contributed by atoms with Crippen LogP contribution in [0.25, 0.3) is 10.9 Å². The van der Waals surface area contributed by atoms with E-state index < -0.39 is 0 Å². The van der Waals surface area contributed by atoms with Gasteiger partial charge in [-0.05, 0) is 29.7 Å². The molecule has 1 aromatic carbocycles. The lowest BCUT2D eigenvalue weighted by Crippen LogP contribution is -2.35. The number of nitrogens with one attached hydrogen (secondary N) is 4. The van der Waals surface area contributed by atoms with Gasteiger partial charge < -0.3 is 9.72 Å². The molecule has 4 rings (SSSR count). The molecule has 140 valence electrons. The minimum atomic E-state index is 0.342. The highest BCUT2D eigenvalue weighted by Crippen LogP contribution is 2.35. The Kier molecular flexibility index (Phi) is 4.63. The summed E-state index contributed by atoms with van der Waals surface area (Å²) in [5, 5.41) is 5.81. The standard InChI is InChI=1S/C19H21ClN6O/c1-10(2)18-13(12-8-14(20)17(27-3)9-16(12)22-18)7-11-5-4-6-15(21-11)19-23-25-26-24-19/h4-6,8-10,22,25-26H,7H2,1-3H3,(H,23,24). The number of hydrogen-bond acceptors (Lipinski definition) is 6. The fraction of sp³-hybridized carbons (Fsp3) is 0.263. The summed E-state index contributed by atoms with van der Waals surface area (Å²) in [6.45, 7) is 4.34. The van der Waals surface area contributed by atoms with Crippen LogP contribution in [0.2, 0.25) is 5.02 Å². The van der Waals surface area contributed by atoms with E-state index in [1.807, 2.05) is 30.3 Å². The molecular formula is C19H21ClN6O. The molecule has 0 unspecified atom stereocenters. The van der Waals surface area contributed by atoms with Gasteiger partial charge in [0.1, 0.15) is 11.4 Å². The number of pyridine rings is 1. The first-order valence-corrected chi connectivity index (χ1v) is 9.12. The highest BCUT2D eigenvalue weighted by Gasteiger charge is 2.18. The zero-order chi connectivity index (χ0) is 19.0. The number of aromatic nitrogens is 2. The van der Waals surface area contributed by atoms with Gasteiger partial charge in [0, 0.05) is 34.8 Å². The summed E-state index contributed by atoms with van der Waals surface area (Å²) in [5.74, 6) is 1.67. The van der Waals surface area contributed by atoms with Crippen LogP contribution in [0.5, 0.6) is 5.75 Å². The minimum absolute atomic E-state index is 0.342. The third-order valence-electron chi connectivity index (χ3n) is 4.60. The number of fused-ring (bicyclic) bond motifs is 1. The molecule has 0 radical (unpaired) electrons. The quantitative estimate of drug-likeness (QED) is 0.542. The maximum Gasteiger partial charge on any atom is 0.189 e. The van der Waals surface area contributed by atoms with E-state index in [4.69, 9.17) is 21.3 Å². The van der Waals surface area contributed by atoms with E-state index in [0.29, 0.717) is 28.9 Å². The van der Waals surface area contributed by atoms with Gasteiger partial charge >= 0.3 is 0 Å². The van der Waals surface area contributed by atoms with Crippen LogP contribution in [0.4, 0.5) is 0 Å². The summed E-state index contributed by atoms with van der Waals surface area (Å²) in [5.41, 5.74) is 13.4. The summed E-state index contributed by atoms with van der Waals surface area (Å²) in [6, 6.07) is 9.84. The maximum absolute atomic E-state index is 6.39. The summed E-state index contributed by atoms with van der Waals surface area (Å²) in [4.78, 5) is 8.28. The minimum Gasteiger partial charge on any atom is -0.495 e. The third-order valence-corrected chi connectivity index (χ3v) is 4.90. The number of methoxy groups -OCH3 is 1. The van der Waals surface area contributed by atoms with Crippen LogP contribution in [0.1, 0.15) is 42.4 Å². The van der Waals surface area contributed by atoms with E-state index in [-0.39, 0.29) is 0 Å². The lowest BCUT2D eigenvalue weighted by molar-refractivity contribution is 0.415. The van der Waals surface area contributed by atoms with Crippen LogP contribution in [0.3, 0.4) is 0 Å². The molecule has 3 heterocycles. The molecule has 27 heavy (non-hydrogen) atoms. The lowest BCUT2D eigenvalue weighted by atomic mass is 9.99. The Morgan fingerprint density at radius 3 is 2.78 bits per heavy atom. The zero-order valence-electron chi connectivity index (χ0n) is 15.4. The predicted octanol–water partition coefficient (Wildman–Crippen LogP) is 3.21. The maximum atomic E-state index is 6.39. The monoisotopic (exact) mass is 384 g/mol. The van der Waals surface area contributed by atoms with E-state index in [9.17, 15) is 0 Å². The molecule has 1 aliphatic rings. The Balaban J connectivity index is 1.78. The number of H-pyrrole nitrogens is 1. The molecule has 0 atom stereocenters. The Morgan fingerprint density at radius 1 is 1.22 bits per heavy atom. The topological polar surface area (TPSA) is 86.4 Å². The molecule has 0 saturated carbocycles. The first-order valence-electron chi connectivity index (χ1n) is 8.74. The van der Waals surface area contributed by atoms with Crippen molar-refractivity contribution in [2.24, 2.45) is 5.10 Å². The fourth-order valence-electron chi connectivity index (χ4n) is 3.32. The highest BCUT2D eigenvalue weighted by atomic mass is 35.5. The Bertz CT molecular complexity index is 1030. The second kappa shape index (κ2) is 7.09. The number of benzene rings is 1. The Hall–Kier alpha value is -2.77. The van der Waals surface area contributed by atoms with Gasteiger partial charge in [-0.3, -0.25) is 5.43 Å². The van der Waals surface area contributed by atoms with Crippen LogP contribution in [-0.4, -0.2) is 22.9 Å². The van der Waals surface area contributed by atoms with Crippen molar-refractivity contribution < 1.29 is 4.74 Å². The number of nitrogens with zero attached hydrogens (tertiary/aromatic N) is 2. The SMILES string of the molecule is COc1cc2[nH]c(C(C)C)c(Cc3cccc(C4=NNNN4)n3)c2cc1Cl. The molecular weight excluding hydrogens is 364 g/mol. The van der Waals surface area contributed by atoms with Gasteiger partial charge in [-0.25, -0.2) is 10.5 Å². The molecule has 0 aliphatic carbocycles. The van der Waals surface area contributed by atoms with E-state index in [2.05, 4.69) is 40.4 Å². The number of hydrogen-bond donors (Lipinski definition) is 4. The van der Waals surface area contributed by atoms with Gasteiger partial charge in [-0.15, -0.1) is 10.6 Å². The summed E-state index contributed by atoms with van der Waals surface area (Å²) in [6.07, 6.45) is 0.693. The highest BCUT2D eigenvalue weighted by molar-refractivity contribution is 6.32. The van der Waals surface area contributed by atoms with Crippen LogP contribution < -0.4 is 21.2 Å². The molecule has 3 aromatic rings. The van der Waals surface area contributed by atoms with Crippen LogP contribution in [0, 0.1) is 0 Å². The molecule has 0 fully saturated rings. The number of ether oxygens (including phenoxy) is 1. The van der Waals surface area contributed by atoms with Crippen molar-refractivity contribution in [2.45, 2.75) is 26.2 Å². The lowest BCUT2D eigenvalue weighted by Gasteiger charge is -2.09. The van der Waals surface area contributed by atoms with Gasteiger partial charge in [-0.1, -0.05) is 31.5 Å². The number of halogens is 1. The number of aromatic amines is 1. The first kappa shape index (κ1) is 17.6. The van der Waals surface area contributed by atoms with E-state index in [1.165, 1.54) is 11.3 Å². The second-order valence-corrected chi connectivity index (χ2v) is 7.12. The number of hydrazine groups is 2. The summed E-state index contributed by atoms with van der Waals surface area (Å²) in [7, 11) is 1.62. The average Bonchev–Trinajstić information content (AvgIpc) is 3.30. The van der Waals surface area contributed by atoms with E-state index >= 15 is 0 Å². The van der Waals surface area contributed by atoms with Gasteiger partial charge in [0.2, 0.25) is 0 Å². The molecule has 2 aromatic heterocycles. The second-order valence-electron chi connectivity index (χ2n) is 6.72. The number of rotatable bonds is 5. The van der Waals surface area contributed by atoms with Crippen molar-refractivity contribution in [3.63, 3.8) is 0 Å². The van der Waals surface area contributed by atoms with Crippen molar-refractivity contribution in [2.75, 3.05) is 7.11 Å². The molecule has 0 bridgehead atoms. The fourth-order valence-corrected chi connectivity index (χ4v) is 3.56. The molecule has 1 aliphatic heterocycles. The van der Waals surface area contributed by atoms with Crippen LogP contribution in [0.15, 0.2) is 35.4 Å². The van der Waals surface area contributed by atoms with E-state index in [1.54, 1.807) is 7.11 Å². The Labute approximate surface area is 162 Å². The van der Waals surface area contributed by atoms with Gasteiger partial charge in [0.15, 0.2) is 5.84 Å². The van der Waals surface area contributed by atoms with Crippen molar-refractivity contribution in [3.8, 4) is 5.75 Å². The molecule has 8 heteroatoms. The van der Waals surface area contributed by atoms with Crippen LogP contribution in [-0.2, 0) is 6.42 Å².